The minimum absolute atomic E-state index is 0.0440. The summed E-state index contributed by atoms with van der Waals surface area (Å²) in [5.74, 6) is 0.828. The average Bonchev–Trinajstić information content (AvgIpc) is 2.93. The van der Waals surface area contributed by atoms with Crippen LogP contribution in [0.4, 0.5) is 13.6 Å². The van der Waals surface area contributed by atoms with Gasteiger partial charge in [0.1, 0.15) is 5.76 Å². The minimum Gasteiger partial charge on any atom is -0.490 e. The van der Waals surface area contributed by atoms with Gasteiger partial charge in [-0.2, -0.15) is 8.78 Å². The number of nitrogens with one attached hydrogen (secondary N) is 1. The van der Waals surface area contributed by atoms with Crippen LogP contribution in [0.1, 0.15) is 29.5 Å². The number of urea groups is 1. The number of rotatable bonds is 8. The van der Waals surface area contributed by atoms with E-state index >= 15 is 0 Å². The van der Waals surface area contributed by atoms with Crippen LogP contribution in [-0.4, -0.2) is 36.4 Å². The van der Waals surface area contributed by atoms with Crippen LogP contribution in [0.25, 0.3) is 0 Å². The van der Waals surface area contributed by atoms with Crippen LogP contribution in [0.2, 0.25) is 0 Å². The highest BCUT2D eigenvalue weighted by Gasteiger charge is 2.16. The molecule has 9 heteroatoms. The number of carbonyl (C=O) groups excluding carboxylic acids is 1. The Morgan fingerprint density at radius 2 is 2.07 bits per heavy atom. The Bertz CT molecular complexity index is 760. The van der Waals surface area contributed by atoms with Crippen molar-refractivity contribution in [3.8, 4) is 11.5 Å². The summed E-state index contributed by atoms with van der Waals surface area (Å²) in [4.78, 5) is 13.8. The maximum absolute atomic E-state index is 12.4. The number of nitrogens with zero attached hydrogens (tertiary/aromatic N) is 2. The van der Waals surface area contributed by atoms with E-state index in [4.69, 9.17) is 9.26 Å². The van der Waals surface area contributed by atoms with E-state index in [1.54, 1.807) is 33.0 Å². The second-order valence-corrected chi connectivity index (χ2v) is 5.91. The molecule has 2 rings (SSSR count). The molecule has 148 valence electrons. The number of carbonyl (C=O) groups is 1. The van der Waals surface area contributed by atoms with Crippen molar-refractivity contribution in [1.29, 1.82) is 0 Å². The van der Waals surface area contributed by atoms with Gasteiger partial charge in [0.25, 0.3) is 0 Å². The van der Waals surface area contributed by atoms with Crippen LogP contribution in [0.5, 0.6) is 11.5 Å². The Morgan fingerprint density at radius 3 is 2.67 bits per heavy atom. The second kappa shape index (κ2) is 9.20. The molecule has 0 unspecified atom stereocenters. The van der Waals surface area contributed by atoms with Gasteiger partial charge in [-0.1, -0.05) is 11.2 Å². The van der Waals surface area contributed by atoms with Crippen LogP contribution in [0.3, 0.4) is 0 Å². The van der Waals surface area contributed by atoms with Gasteiger partial charge < -0.3 is 24.2 Å². The van der Waals surface area contributed by atoms with Gasteiger partial charge >= 0.3 is 12.6 Å². The molecule has 2 aromatic rings. The second-order valence-electron chi connectivity index (χ2n) is 5.91. The van der Waals surface area contributed by atoms with E-state index in [0.717, 1.165) is 11.3 Å². The van der Waals surface area contributed by atoms with Crippen molar-refractivity contribution >= 4 is 6.03 Å². The molecule has 0 saturated carbocycles. The summed E-state index contributed by atoms with van der Waals surface area (Å²) < 4.78 is 39.7. The third-order valence-corrected chi connectivity index (χ3v) is 3.89. The standard InChI is InChI=1S/C18H23F2N3O4/c1-5-25-16-8-13(6-7-15(16)26-17(19)20)9-21-18(24)23(4)10-14-11(2)22-27-12(14)3/h6-8,17H,5,9-10H2,1-4H3,(H,21,24). The predicted molar refractivity (Wildman–Crippen MR) is 93.9 cm³/mol. The molecule has 27 heavy (non-hydrogen) atoms. The predicted octanol–water partition coefficient (Wildman–Crippen LogP) is 3.63. The van der Waals surface area contributed by atoms with E-state index in [2.05, 4.69) is 15.2 Å². The Morgan fingerprint density at radius 1 is 1.33 bits per heavy atom. The van der Waals surface area contributed by atoms with E-state index in [0.29, 0.717) is 24.5 Å². The lowest BCUT2D eigenvalue weighted by molar-refractivity contribution is -0.0514. The Kier molecular flexibility index (Phi) is 6.98. The van der Waals surface area contributed by atoms with E-state index in [1.165, 1.54) is 11.0 Å². The number of aromatic nitrogens is 1. The summed E-state index contributed by atoms with van der Waals surface area (Å²) >= 11 is 0. The maximum atomic E-state index is 12.4. The quantitative estimate of drug-likeness (QED) is 0.753. The topological polar surface area (TPSA) is 76.8 Å². The lowest BCUT2D eigenvalue weighted by Gasteiger charge is -2.18. The fourth-order valence-corrected chi connectivity index (χ4v) is 2.47. The maximum Gasteiger partial charge on any atom is 0.387 e. The van der Waals surface area contributed by atoms with Gasteiger partial charge in [0.05, 0.1) is 18.8 Å². The van der Waals surface area contributed by atoms with Crippen molar-refractivity contribution in [2.45, 2.75) is 40.5 Å². The van der Waals surface area contributed by atoms with Crippen molar-refractivity contribution in [3.63, 3.8) is 0 Å². The fourth-order valence-electron chi connectivity index (χ4n) is 2.47. The summed E-state index contributed by atoms with van der Waals surface area (Å²) in [6.07, 6.45) is 0. The van der Waals surface area contributed by atoms with Crippen LogP contribution < -0.4 is 14.8 Å². The molecule has 0 atom stereocenters. The summed E-state index contributed by atoms with van der Waals surface area (Å²) in [5, 5.41) is 6.64. The first-order valence-corrected chi connectivity index (χ1v) is 8.43. The van der Waals surface area contributed by atoms with E-state index < -0.39 is 6.61 Å². The van der Waals surface area contributed by atoms with Gasteiger partial charge in [-0.3, -0.25) is 0 Å². The largest absolute Gasteiger partial charge is 0.490 e. The number of hydrogen-bond acceptors (Lipinski definition) is 5. The fraction of sp³-hybridized carbons (Fsp3) is 0.444. The third kappa shape index (κ3) is 5.57. The zero-order valence-electron chi connectivity index (χ0n) is 15.7. The molecule has 1 aromatic heterocycles. The lowest BCUT2D eigenvalue weighted by Crippen LogP contribution is -2.36. The van der Waals surface area contributed by atoms with Crippen LogP contribution in [0, 0.1) is 13.8 Å². The molecular formula is C18H23F2N3O4. The van der Waals surface area contributed by atoms with Crippen molar-refractivity contribution in [2.24, 2.45) is 0 Å². The average molecular weight is 383 g/mol. The van der Waals surface area contributed by atoms with Crippen molar-refractivity contribution in [1.82, 2.24) is 15.4 Å². The first kappa shape index (κ1) is 20.5. The molecule has 1 heterocycles. The van der Waals surface area contributed by atoms with E-state index in [9.17, 15) is 13.6 Å². The number of alkyl halides is 2. The molecule has 0 radical (unpaired) electrons. The minimum atomic E-state index is -2.94. The highest BCUT2D eigenvalue weighted by atomic mass is 19.3. The molecule has 0 saturated heterocycles. The van der Waals surface area contributed by atoms with Crippen LogP contribution in [0.15, 0.2) is 22.7 Å². The summed E-state index contributed by atoms with van der Waals surface area (Å²) in [5.41, 5.74) is 2.29. The van der Waals surface area contributed by atoms with Gasteiger partial charge in [0.2, 0.25) is 0 Å². The highest BCUT2D eigenvalue weighted by Crippen LogP contribution is 2.29. The SMILES string of the molecule is CCOc1cc(CNC(=O)N(C)Cc2c(C)noc2C)ccc1OC(F)F. The summed E-state index contributed by atoms with van der Waals surface area (Å²) in [6, 6.07) is 4.26. The molecule has 0 bridgehead atoms. The molecule has 0 aliphatic carbocycles. The van der Waals surface area contributed by atoms with Crippen molar-refractivity contribution in [2.75, 3.05) is 13.7 Å². The molecule has 0 aliphatic rings. The Hall–Kier alpha value is -2.84. The smallest absolute Gasteiger partial charge is 0.387 e. The molecule has 1 aromatic carbocycles. The molecule has 2 amide bonds. The molecule has 1 N–H and O–H groups in total. The van der Waals surface area contributed by atoms with E-state index in [-0.39, 0.29) is 24.1 Å². The Balaban J connectivity index is 1.98. The summed E-state index contributed by atoms with van der Waals surface area (Å²) in [6.45, 7) is 3.28. The zero-order chi connectivity index (χ0) is 20.0. The number of amides is 2. The number of halogens is 2. The first-order valence-electron chi connectivity index (χ1n) is 8.43. The molecule has 7 nitrogen and oxygen atoms in total. The first-order chi connectivity index (χ1) is 12.8. The van der Waals surface area contributed by atoms with E-state index in [1.807, 2.05) is 6.92 Å². The summed E-state index contributed by atoms with van der Waals surface area (Å²) in [7, 11) is 1.66. The number of aryl methyl sites for hydroxylation is 2. The monoisotopic (exact) mass is 383 g/mol. The third-order valence-electron chi connectivity index (χ3n) is 3.89. The van der Waals surface area contributed by atoms with Gasteiger partial charge in [-0.25, -0.2) is 4.79 Å². The van der Waals surface area contributed by atoms with Gasteiger partial charge in [0.15, 0.2) is 11.5 Å². The molecule has 0 fully saturated rings. The highest BCUT2D eigenvalue weighted by molar-refractivity contribution is 5.74. The number of benzene rings is 1. The molecule has 0 aliphatic heterocycles. The normalized spacial score (nSPS) is 10.8. The van der Waals surface area contributed by atoms with Crippen LogP contribution in [-0.2, 0) is 13.1 Å². The van der Waals surface area contributed by atoms with Crippen molar-refractivity contribution in [3.05, 3.63) is 40.8 Å². The van der Waals surface area contributed by atoms with Gasteiger partial charge in [-0.15, -0.1) is 0 Å². The lowest BCUT2D eigenvalue weighted by atomic mass is 10.2. The van der Waals surface area contributed by atoms with Crippen molar-refractivity contribution < 1.29 is 27.6 Å². The van der Waals surface area contributed by atoms with Gasteiger partial charge in [0, 0.05) is 19.2 Å². The zero-order valence-corrected chi connectivity index (χ0v) is 15.7. The number of ether oxygens (including phenoxy) is 2. The van der Waals surface area contributed by atoms with Gasteiger partial charge in [-0.05, 0) is 38.5 Å². The Labute approximate surface area is 156 Å². The molecular weight excluding hydrogens is 360 g/mol. The van der Waals surface area contributed by atoms with Crippen LogP contribution >= 0.6 is 0 Å². The number of hydrogen-bond donors (Lipinski definition) is 1. The molecule has 0 spiro atoms.